The molecule has 0 spiro atoms. The van der Waals surface area contributed by atoms with E-state index in [4.69, 9.17) is 12.2 Å². The molecule has 3 N–H and O–H groups in total. The molecule has 3 rings (SSSR count). The monoisotopic (exact) mass is 346 g/mol. The summed E-state index contributed by atoms with van der Waals surface area (Å²) in [6.07, 6.45) is 0.223. The van der Waals surface area contributed by atoms with E-state index in [-0.39, 0.29) is 18.1 Å². The average Bonchev–Trinajstić information content (AvgIpc) is 3.17. The van der Waals surface area contributed by atoms with Gasteiger partial charge < -0.3 is 10.4 Å². The van der Waals surface area contributed by atoms with Gasteiger partial charge in [-0.05, 0) is 35.8 Å². The van der Waals surface area contributed by atoms with Gasteiger partial charge in [0.1, 0.15) is 5.75 Å². The lowest BCUT2D eigenvalue weighted by atomic mass is 10.3. The molecule has 1 amide bonds. The van der Waals surface area contributed by atoms with Crippen molar-refractivity contribution in [3.8, 4) is 16.5 Å². The zero-order chi connectivity index (χ0) is 16.2. The highest BCUT2D eigenvalue weighted by Gasteiger charge is 2.12. The van der Waals surface area contributed by atoms with E-state index in [1.54, 1.807) is 34.1 Å². The molecule has 0 saturated carbocycles. The lowest BCUT2D eigenvalue weighted by Gasteiger charge is -2.08. The summed E-state index contributed by atoms with van der Waals surface area (Å²) in [6.45, 7) is 0.405. The summed E-state index contributed by atoms with van der Waals surface area (Å²) in [4.78, 5) is 13.1. The van der Waals surface area contributed by atoms with Crippen molar-refractivity contribution in [3.63, 3.8) is 0 Å². The van der Waals surface area contributed by atoms with Gasteiger partial charge in [-0.25, -0.2) is 0 Å². The Bertz CT molecular complexity index is 868. The molecule has 0 atom stereocenters. The van der Waals surface area contributed by atoms with Gasteiger partial charge in [0.15, 0.2) is 10.6 Å². The zero-order valence-electron chi connectivity index (χ0n) is 12.0. The number of para-hydroxylation sites is 2. The second kappa shape index (κ2) is 6.76. The molecular weight excluding hydrogens is 332 g/mol. The number of benzene rings is 1. The Balaban J connectivity index is 1.69. The third-order valence-electron chi connectivity index (χ3n) is 3.24. The van der Waals surface area contributed by atoms with Crippen molar-refractivity contribution < 1.29 is 9.90 Å². The molecule has 6 nitrogen and oxygen atoms in total. The number of nitrogens with zero attached hydrogens (tertiary/aromatic N) is 2. The summed E-state index contributed by atoms with van der Waals surface area (Å²) in [7, 11) is 0. The van der Waals surface area contributed by atoms with Crippen LogP contribution in [-0.4, -0.2) is 25.8 Å². The van der Waals surface area contributed by atoms with E-state index in [0.29, 0.717) is 17.0 Å². The van der Waals surface area contributed by atoms with Crippen LogP contribution in [0.2, 0.25) is 0 Å². The fourth-order valence-corrected chi connectivity index (χ4v) is 3.07. The van der Waals surface area contributed by atoms with Crippen molar-refractivity contribution >= 4 is 35.1 Å². The summed E-state index contributed by atoms with van der Waals surface area (Å²) < 4.78 is 2.27. The van der Waals surface area contributed by atoms with Crippen LogP contribution in [0.5, 0.6) is 5.75 Å². The molecule has 0 unspecified atom stereocenters. The molecular formula is C15H14N4O2S2. The third kappa shape index (κ3) is 3.49. The number of aromatic hydroxyl groups is 1. The number of hydrogen-bond acceptors (Lipinski definition) is 5. The largest absolute Gasteiger partial charge is 0.506 e. The fraction of sp³-hybridized carbons (Fsp3) is 0.133. The number of nitrogens with one attached hydrogen (secondary N) is 2. The molecule has 2 heterocycles. The highest BCUT2D eigenvalue weighted by atomic mass is 32.1. The summed E-state index contributed by atoms with van der Waals surface area (Å²) in [5, 5.41) is 21.3. The zero-order valence-corrected chi connectivity index (χ0v) is 13.7. The molecule has 0 saturated heterocycles. The van der Waals surface area contributed by atoms with Crippen molar-refractivity contribution in [1.82, 2.24) is 14.8 Å². The number of hydrogen-bond donors (Lipinski definition) is 3. The standard InChI is InChI=1S/C15H14N4O2S2/c20-11-5-2-1-4-10(11)16-13(21)7-8-19-14(17-18-15(19)22)12-6-3-9-23-12/h1-6,9,20H,7-8H2,(H,16,21)(H,18,22). The van der Waals surface area contributed by atoms with Crippen LogP contribution >= 0.6 is 23.6 Å². The molecule has 1 aromatic carbocycles. The summed E-state index contributed by atoms with van der Waals surface area (Å²) in [6, 6.07) is 10.5. The van der Waals surface area contributed by atoms with E-state index in [0.717, 1.165) is 10.7 Å². The Morgan fingerprint density at radius 1 is 1.35 bits per heavy atom. The Hall–Kier alpha value is -2.45. The van der Waals surface area contributed by atoms with Crippen molar-refractivity contribution in [2.24, 2.45) is 0 Å². The molecule has 0 aliphatic rings. The number of carbonyl (C=O) groups is 1. The van der Waals surface area contributed by atoms with Crippen LogP contribution in [0.3, 0.4) is 0 Å². The van der Waals surface area contributed by atoms with Crippen molar-refractivity contribution in [1.29, 1.82) is 0 Å². The lowest BCUT2D eigenvalue weighted by molar-refractivity contribution is -0.116. The Morgan fingerprint density at radius 2 is 2.17 bits per heavy atom. The van der Waals surface area contributed by atoms with Crippen LogP contribution in [0.15, 0.2) is 41.8 Å². The number of anilines is 1. The molecule has 23 heavy (non-hydrogen) atoms. The Labute approximate surface area is 141 Å². The molecule has 8 heteroatoms. The normalized spacial score (nSPS) is 10.6. The number of phenolic OH excluding ortho intramolecular Hbond substituents is 1. The SMILES string of the molecule is O=C(CCn1c(-c2cccs2)n[nH]c1=S)Nc1ccccc1O. The number of aromatic nitrogens is 3. The van der Waals surface area contributed by atoms with Gasteiger partial charge in [-0.1, -0.05) is 18.2 Å². The van der Waals surface area contributed by atoms with E-state index < -0.39 is 0 Å². The second-order valence-electron chi connectivity index (χ2n) is 4.80. The Morgan fingerprint density at radius 3 is 2.91 bits per heavy atom. The third-order valence-corrected chi connectivity index (χ3v) is 4.42. The highest BCUT2D eigenvalue weighted by Crippen LogP contribution is 2.24. The molecule has 0 bridgehead atoms. The maximum atomic E-state index is 12.1. The van der Waals surface area contributed by atoms with Gasteiger partial charge in [0.2, 0.25) is 5.91 Å². The second-order valence-corrected chi connectivity index (χ2v) is 6.13. The predicted molar refractivity (Wildman–Crippen MR) is 92.1 cm³/mol. The number of phenols is 1. The van der Waals surface area contributed by atoms with Gasteiger partial charge in [0, 0.05) is 13.0 Å². The van der Waals surface area contributed by atoms with E-state index in [2.05, 4.69) is 15.5 Å². The first kappa shape index (κ1) is 15.4. The average molecular weight is 346 g/mol. The van der Waals surface area contributed by atoms with Crippen molar-refractivity contribution in [2.45, 2.75) is 13.0 Å². The molecule has 0 fully saturated rings. The fourth-order valence-electron chi connectivity index (χ4n) is 2.12. The minimum absolute atomic E-state index is 0.0417. The highest BCUT2D eigenvalue weighted by molar-refractivity contribution is 7.71. The molecule has 0 aliphatic heterocycles. The first-order chi connectivity index (χ1) is 11.1. The summed E-state index contributed by atoms with van der Waals surface area (Å²) in [5.41, 5.74) is 0.395. The molecule has 0 aliphatic carbocycles. The van der Waals surface area contributed by atoms with E-state index in [1.165, 1.54) is 6.07 Å². The van der Waals surface area contributed by atoms with Crippen LogP contribution < -0.4 is 5.32 Å². The van der Waals surface area contributed by atoms with Crippen LogP contribution in [0.25, 0.3) is 10.7 Å². The number of rotatable bonds is 5. The molecule has 118 valence electrons. The van der Waals surface area contributed by atoms with Gasteiger partial charge in [-0.2, -0.15) is 5.10 Å². The number of carbonyl (C=O) groups excluding carboxylic acids is 1. The molecule has 0 radical (unpaired) electrons. The minimum atomic E-state index is -0.202. The van der Waals surface area contributed by atoms with Crippen LogP contribution in [0, 0.1) is 4.77 Å². The van der Waals surface area contributed by atoms with Crippen LogP contribution in [0.1, 0.15) is 6.42 Å². The number of aromatic amines is 1. The number of amides is 1. The maximum Gasteiger partial charge on any atom is 0.226 e. The van der Waals surface area contributed by atoms with Gasteiger partial charge in [0.25, 0.3) is 0 Å². The maximum absolute atomic E-state index is 12.1. The summed E-state index contributed by atoms with van der Waals surface area (Å²) >= 11 is 6.79. The van der Waals surface area contributed by atoms with Crippen LogP contribution in [-0.2, 0) is 11.3 Å². The smallest absolute Gasteiger partial charge is 0.226 e. The Kier molecular flexibility index (Phi) is 4.54. The van der Waals surface area contributed by atoms with Crippen molar-refractivity contribution in [3.05, 3.63) is 46.5 Å². The number of H-pyrrole nitrogens is 1. The lowest BCUT2D eigenvalue weighted by Crippen LogP contribution is -2.15. The first-order valence-corrected chi connectivity index (χ1v) is 8.21. The van der Waals surface area contributed by atoms with E-state index >= 15 is 0 Å². The van der Waals surface area contributed by atoms with Crippen molar-refractivity contribution in [2.75, 3.05) is 5.32 Å². The topological polar surface area (TPSA) is 82.9 Å². The number of thiophene rings is 1. The molecule has 3 aromatic rings. The van der Waals surface area contributed by atoms with E-state index in [9.17, 15) is 9.90 Å². The van der Waals surface area contributed by atoms with Crippen LogP contribution in [0.4, 0.5) is 5.69 Å². The first-order valence-electron chi connectivity index (χ1n) is 6.92. The van der Waals surface area contributed by atoms with Gasteiger partial charge in [-0.3, -0.25) is 14.5 Å². The van der Waals surface area contributed by atoms with Gasteiger partial charge in [0.05, 0.1) is 10.6 Å². The van der Waals surface area contributed by atoms with Gasteiger partial charge in [-0.15, -0.1) is 11.3 Å². The summed E-state index contributed by atoms with van der Waals surface area (Å²) in [5.74, 6) is 0.562. The minimum Gasteiger partial charge on any atom is -0.506 e. The molecule has 2 aromatic heterocycles. The quantitative estimate of drug-likeness (QED) is 0.488. The van der Waals surface area contributed by atoms with E-state index in [1.807, 2.05) is 17.5 Å². The van der Waals surface area contributed by atoms with Gasteiger partial charge >= 0.3 is 0 Å². The predicted octanol–water partition coefficient (Wildman–Crippen LogP) is 3.40.